The first-order valence-electron chi connectivity index (χ1n) is 4.69. The van der Waals surface area contributed by atoms with Crippen LogP contribution in [0.2, 0.25) is 5.02 Å². The number of nitrogen functional groups attached to an aromatic ring is 1. The molecular formula is C10H11ClN2O2. The monoisotopic (exact) mass is 226 g/mol. The summed E-state index contributed by atoms with van der Waals surface area (Å²) in [5.41, 5.74) is 6.41. The third kappa shape index (κ3) is 1.91. The molecule has 0 spiro atoms. The summed E-state index contributed by atoms with van der Waals surface area (Å²) in [7, 11) is 0. The van der Waals surface area contributed by atoms with Gasteiger partial charge >= 0.3 is 0 Å². The maximum absolute atomic E-state index is 11.9. The van der Waals surface area contributed by atoms with Crippen LogP contribution >= 0.6 is 11.6 Å². The zero-order valence-electron chi connectivity index (χ0n) is 8.07. The lowest BCUT2D eigenvalue weighted by atomic mass is 10.1. The SMILES string of the molecule is Nc1c(Cl)cccc1C(=O)N1CCCO1. The van der Waals surface area contributed by atoms with E-state index in [1.807, 2.05) is 0 Å². The third-order valence-corrected chi connectivity index (χ3v) is 2.59. The molecule has 0 unspecified atom stereocenters. The highest BCUT2D eigenvalue weighted by Crippen LogP contribution is 2.24. The summed E-state index contributed by atoms with van der Waals surface area (Å²) in [6.07, 6.45) is 0.853. The van der Waals surface area contributed by atoms with E-state index in [4.69, 9.17) is 22.2 Å². The highest BCUT2D eigenvalue weighted by Gasteiger charge is 2.23. The van der Waals surface area contributed by atoms with Crippen LogP contribution in [0.25, 0.3) is 0 Å². The molecule has 2 rings (SSSR count). The number of amides is 1. The number of anilines is 1. The average molecular weight is 227 g/mol. The van der Waals surface area contributed by atoms with Gasteiger partial charge in [0.1, 0.15) is 0 Å². The normalized spacial score (nSPS) is 15.7. The van der Waals surface area contributed by atoms with E-state index in [0.29, 0.717) is 29.4 Å². The number of benzene rings is 1. The molecule has 4 nitrogen and oxygen atoms in total. The van der Waals surface area contributed by atoms with E-state index in [9.17, 15) is 4.79 Å². The summed E-state index contributed by atoms with van der Waals surface area (Å²) < 4.78 is 0. The second-order valence-electron chi connectivity index (χ2n) is 3.30. The van der Waals surface area contributed by atoms with Crippen LogP contribution in [0.1, 0.15) is 16.8 Å². The lowest BCUT2D eigenvalue weighted by Crippen LogP contribution is -2.27. The molecule has 2 N–H and O–H groups in total. The number of hydrogen-bond donors (Lipinski definition) is 1. The van der Waals surface area contributed by atoms with Gasteiger partial charge in [-0.15, -0.1) is 0 Å². The fourth-order valence-electron chi connectivity index (χ4n) is 1.47. The van der Waals surface area contributed by atoms with Crippen LogP contribution in [0.5, 0.6) is 0 Å². The van der Waals surface area contributed by atoms with Gasteiger partial charge in [-0.25, -0.2) is 5.06 Å². The Morgan fingerprint density at radius 2 is 2.33 bits per heavy atom. The molecule has 80 valence electrons. The van der Waals surface area contributed by atoms with E-state index in [1.54, 1.807) is 18.2 Å². The number of halogens is 1. The summed E-state index contributed by atoms with van der Waals surface area (Å²) in [5.74, 6) is -0.229. The number of carbonyl (C=O) groups is 1. The van der Waals surface area contributed by atoms with Gasteiger partial charge in [-0.1, -0.05) is 17.7 Å². The second-order valence-corrected chi connectivity index (χ2v) is 3.70. The van der Waals surface area contributed by atoms with E-state index < -0.39 is 0 Å². The lowest BCUT2D eigenvalue weighted by molar-refractivity contribution is -0.0767. The van der Waals surface area contributed by atoms with Crippen LogP contribution in [-0.2, 0) is 4.84 Å². The van der Waals surface area contributed by atoms with E-state index >= 15 is 0 Å². The molecule has 1 heterocycles. The molecular weight excluding hydrogens is 216 g/mol. The van der Waals surface area contributed by atoms with E-state index in [-0.39, 0.29) is 5.91 Å². The molecule has 0 atom stereocenters. The average Bonchev–Trinajstić information content (AvgIpc) is 2.74. The summed E-state index contributed by atoms with van der Waals surface area (Å²) in [6, 6.07) is 4.99. The molecule has 0 bridgehead atoms. The van der Waals surface area contributed by atoms with Gasteiger partial charge in [-0.3, -0.25) is 9.63 Å². The minimum Gasteiger partial charge on any atom is -0.397 e. The smallest absolute Gasteiger partial charge is 0.279 e. The molecule has 0 aliphatic carbocycles. The first-order valence-corrected chi connectivity index (χ1v) is 5.06. The van der Waals surface area contributed by atoms with Crippen molar-refractivity contribution in [2.45, 2.75) is 6.42 Å². The number of carbonyl (C=O) groups excluding carboxylic acids is 1. The molecule has 1 fully saturated rings. The topological polar surface area (TPSA) is 55.6 Å². The minimum absolute atomic E-state index is 0.229. The quantitative estimate of drug-likeness (QED) is 0.742. The number of nitrogens with two attached hydrogens (primary N) is 1. The molecule has 1 aromatic rings. The second kappa shape index (κ2) is 4.08. The van der Waals surface area contributed by atoms with Gasteiger partial charge < -0.3 is 5.73 Å². The van der Waals surface area contributed by atoms with Gasteiger partial charge in [0, 0.05) is 0 Å². The van der Waals surface area contributed by atoms with Gasteiger partial charge in [0.2, 0.25) is 0 Å². The summed E-state index contributed by atoms with van der Waals surface area (Å²) in [5, 5.41) is 1.71. The summed E-state index contributed by atoms with van der Waals surface area (Å²) in [4.78, 5) is 17.0. The van der Waals surface area contributed by atoms with Crippen LogP contribution in [0, 0.1) is 0 Å². The molecule has 0 saturated carbocycles. The van der Waals surface area contributed by atoms with Crippen LogP contribution in [0.3, 0.4) is 0 Å². The van der Waals surface area contributed by atoms with Gasteiger partial charge in [0.05, 0.1) is 29.4 Å². The number of rotatable bonds is 1. The summed E-state index contributed by atoms with van der Waals surface area (Å²) >= 11 is 5.83. The molecule has 1 aliphatic heterocycles. The van der Waals surface area contributed by atoms with Crippen molar-refractivity contribution in [1.82, 2.24) is 5.06 Å². The zero-order chi connectivity index (χ0) is 10.8. The van der Waals surface area contributed by atoms with E-state index in [0.717, 1.165) is 6.42 Å². The van der Waals surface area contributed by atoms with Crippen LogP contribution < -0.4 is 5.73 Å². The first kappa shape index (κ1) is 10.3. The molecule has 1 amide bonds. The largest absolute Gasteiger partial charge is 0.397 e. The molecule has 1 saturated heterocycles. The molecule has 0 radical (unpaired) electrons. The van der Waals surface area contributed by atoms with Gasteiger partial charge in [-0.2, -0.15) is 0 Å². The summed E-state index contributed by atoms with van der Waals surface area (Å²) in [6.45, 7) is 1.18. The van der Waals surface area contributed by atoms with Crippen LogP contribution in [0.4, 0.5) is 5.69 Å². The Morgan fingerprint density at radius 3 is 3.00 bits per heavy atom. The number of para-hydroxylation sites is 1. The molecule has 1 aromatic carbocycles. The Labute approximate surface area is 92.5 Å². The van der Waals surface area contributed by atoms with Crippen molar-refractivity contribution in [2.75, 3.05) is 18.9 Å². The van der Waals surface area contributed by atoms with Gasteiger partial charge in [0.15, 0.2) is 0 Å². The Hall–Kier alpha value is -1.26. The van der Waals surface area contributed by atoms with Crippen molar-refractivity contribution < 1.29 is 9.63 Å². The zero-order valence-corrected chi connectivity index (χ0v) is 8.83. The number of nitrogens with zero attached hydrogens (tertiary/aromatic N) is 1. The molecule has 5 heteroatoms. The van der Waals surface area contributed by atoms with E-state index in [1.165, 1.54) is 5.06 Å². The maximum Gasteiger partial charge on any atom is 0.279 e. The van der Waals surface area contributed by atoms with Crippen molar-refractivity contribution in [1.29, 1.82) is 0 Å². The fraction of sp³-hybridized carbons (Fsp3) is 0.300. The number of hydrogen-bond acceptors (Lipinski definition) is 3. The fourth-order valence-corrected chi connectivity index (χ4v) is 1.64. The van der Waals surface area contributed by atoms with Crippen LogP contribution in [-0.4, -0.2) is 24.1 Å². The standard InChI is InChI=1S/C10H11ClN2O2/c11-8-4-1-3-7(9(8)12)10(14)13-5-2-6-15-13/h1,3-4H,2,5-6,12H2. The van der Waals surface area contributed by atoms with Crippen molar-refractivity contribution in [3.8, 4) is 0 Å². The molecule has 1 aliphatic rings. The number of hydroxylamine groups is 2. The highest BCUT2D eigenvalue weighted by atomic mass is 35.5. The Kier molecular flexibility index (Phi) is 2.79. The Balaban J connectivity index is 2.28. The van der Waals surface area contributed by atoms with E-state index in [2.05, 4.69) is 0 Å². The van der Waals surface area contributed by atoms with Crippen LogP contribution in [0.15, 0.2) is 18.2 Å². The Bertz CT molecular complexity index is 389. The predicted octanol–water partition coefficient (Wildman–Crippen LogP) is 1.70. The van der Waals surface area contributed by atoms with Crippen molar-refractivity contribution in [2.24, 2.45) is 0 Å². The maximum atomic E-state index is 11.9. The van der Waals surface area contributed by atoms with Crippen molar-refractivity contribution >= 4 is 23.2 Å². The highest BCUT2D eigenvalue weighted by molar-refractivity contribution is 6.33. The van der Waals surface area contributed by atoms with Crippen molar-refractivity contribution in [3.63, 3.8) is 0 Å². The molecule has 15 heavy (non-hydrogen) atoms. The molecule has 0 aromatic heterocycles. The predicted molar refractivity (Wildman–Crippen MR) is 57.5 cm³/mol. The minimum atomic E-state index is -0.229. The third-order valence-electron chi connectivity index (χ3n) is 2.26. The van der Waals surface area contributed by atoms with Crippen molar-refractivity contribution in [3.05, 3.63) is 28.8 Å². The van der Waals surface area contributed by atoms with Gasteiger partial charge in [0.25, 0.3) is 5.91 Å². The lowest BCUT2D eigenvalue weighted by Gasteiger charge is -2.15. The first-order chi connectivity index (χ1) is 7.20. The van der Waals surface area contributed by atoms with Gasteiger partial charge in [-0.05, 0) is 18.6 Å². The Morgan fingerprint density at radius 1 is 1.53 bits per heavy atom.